The van der Waals surface area contributed by atoms with Gasteiger partial charge in [-0.1, -0.05) is 0 Å². The van der Waals surface area contributed by atoms with E-state index in [4.69, 9.17) is 15.3 Å². The van der Waals surface area contributed by atoms with Crippen molar-refractivity contribution >= 4 is 29.6 Å². The molecule has 0 aromatic carbocycles. The normalized spacial score (nSPS) is 8.31. The van der Waals surface area contributed by atoms with Crippen LogP contribution >= 0.6 is 0 Å². The Labute approximate surface area is 101 Å². The zero-order valence-electron chi connectivity index (χ0n) is 7.24. The molecule has 0 saturated carbocycles. The topological polar surface area (TPSA) is 130 Å². The van der Waals surface area contributed by atoms with E-state index in [0.717, 1.165) is 0 Å². The van der Waals surface area contributed by atoms with Crippen LogP contribution < -0.4 is 6.15 Å². The van der Waals surface area contributed by atoms with Gasteiger partial charge < -0.3 is 26.9 Å². The van der Waals surface area contributed by atoms with Crippen molar-refractivity contribution < 1.29 is 20.8 Å². The van der Waals surface area contributed by atoms with Crippen molar-refractivity contribution in [2.45, 2.75) is 0 Å². The molecule has 7 heteroatoms. The predicted octanol–water partition coefficient (Wildman–Crippen LogP) is -3.05. The first-order chi connectivity index (χ1) is 4.85. The second-order valence-corrected chi connectivity index (χ2v) is 2.01. The standard InChI is InChI=1S/C6H15NO3.H3N.Na.H2O.H/c8-4-1-7(2-5-9)3-6-10;;;;/h8-10H,1-6H2;1H3;;1H2;. The van der Waals surface area contributed by atoms with Gasteiger partial charge in [0.1, 0.15) is 0 Å². The fourth-order valence-electron chi connectivity index (χ4n) is 0.760. The van der Waals surface area contributed by atoms with Crippen LogP contribution in [0.5, 0.6) is 0 Å². The summed E-state index contributed by atoms with van der Waals surface area (Å²) < 4.78 is 0. The second kappa shape index (κ2) is 18.5. The zero-order valence-corrected chi connectivity index (χ0v) is 7.24. The molecule has 0 aliphatic rings. The van der Waals surface area contributed by atoms with Gasteiger partial charge in [-0.25, -0.2) is 0 Å². The summed E-state index contributed by atoms with van der Waals surface area (Å²) in [4.78, 5) is 1.79. The summed E-state index contributed by atoms with van der Waals surface area (Å²) in [6, 6.07) is 0. The summed E-state index contributed by atoms with van der Waals surface area (Å²) in [5, 5.41) is 25.5. The molecule has 0 spiro atoms. The molecule has 0 rings (SSSR count). The minimum atomic E-state index is 0. The Morgan fingerprint density at radius 2 is 1.00 bits per heavy atom. The zero-order chi connectivity index (χ0) is 7.82. The maximum absolute atomic E-state index is 8.48. The van der Waals surface area contributed by atoms with E-state index in [-0.39, 0.29) is 61.0 Å². The summed E-state index contributed by atoms with van der Waals surface area (Å²) in [7, 11) is 0. The Bertz CT molecular complexity index is 65.4. The number of nitrogens with zero attached hydrogens (tertiary/aromatic N) is 1. The van der Waals surface area contributed by atoms with Crippen LogP contribution in [0.2, 0.25) is 0 Å². The summed E-state index contributed by atoms with van der Waals surface area (Å²) in [5.74, 6) is 0. The van der Waals surface area contributed by atoms with Crippen LogP contribution in [0, 0.1) is 0 Å². The van der Waals surface area contributed by atoms with Gasteiger partial charge in [-0.3, -0.25) is 4.90 Å². The average molecular weight is 208 g/mol. The fourth-order valence-corrected chi connectivity index (χ4v) is 0.760. The Morgan fingerprint density at radius 1 is 0.769 bits per heavy atom. The molecule has 0 aromatic rings. The molecule has 0 amide bonds. The average Bonchev–Trinajstić information content (AvgIpc) is 1.90. The quantitative estimate of drug-likeness (QED) is 0.344. The van der Waals surface area contributed by atoms with E-state index in [0.29, 0.717) is 19.6 Å². The fraction of sp³-hybridized carbons (Fsp3) is 1.00. The Balaban J connectivity index is -0.000000135. The summed E-state index contributed by atoms with van der Waals surface area (Å²) in [5.41, 5.74) is 0. The van der Waals surface area contributed by atoms with E-state index in [1.54, 1.807) is 4.90 Å². The van der Waals surface area contributed by atoms with Gasteiger partial charge in [0, 0.05) is 19.6 Å². The summed E-state index contributed by atoms with van der Waals surface area (Å²) in [6.07, 6.45) is 0. The number of aliphatic hydroxyl groups excluding tert-OH is 3. The molecule has 6 nitrogen and oxygen atoms in total. The van der Waals surface area contributed by atoms with E-state index in [1.165, 1.54) is 0 Å². The summed E-state index contributed by atoms with van der Waals surface area (Å²) >= 11 is 0. The first-order valence-electron chi connectivity index (χ1n) is 3.40. The molecule has 0 aliphatic carbocycles. The Kier molecular flexibility index (Phi) is 33.5. The van der Waals surface area contributed by atoms with Crippen molar-refractivity contribution in [2.24, 2.45) is 0 Å². The number of hydrogen-bond acceptors (Lipinski definition) is 5. The van der Waals surface area contributed by atoms with Crippen molar-refractivity contribution in [2.75, 3.05) is 39.5 Å². The van der Waals surface area contributed by atoms with Crippen molar-refractivity contribution in [3.05, 3.63) is 0 Å². The van der Waals surface area contributed by atoms with Crippen LogP contribution in [0.1, 0.15) is 0 Å². The van der Waals surface area contributed by atoms with Crippen LogP contribution in [0.3, 0.4) is 0 Å². The molecular weight excluding hydrogens is 187 g/mol. The van der Waals surface area contributed by atoms with E-state index >= 15 is 0 Å². The van der Waals surface area contributed by atoms with Gasteiger partial charge in [-0.15, -0.1) is 0 Å². The minimum absolute atomic E-state index is 0. The van der Waals surface area contributed by atoms with E-state index in [9.17, 15) is 0 Å². The van der Waals surface area contributed by atoms with Crippen LogP contribution in [-0.4, -0.2) is 94.7 Å². The van der Waals surface area contributed by atoms with Crippen LogP contribution in [0.4, 0.5) is 0 Å². The Hall–Kier alpha value is 0.760. The molecule has 0 bridgehead atoms. The van der Waals surface area contributed by atoms with Crippen molar-refractivity contribution in [1.29, 1.82) is 0 Å². The van der Waals surface area contributed by atoms with Crippen molar-refractivity contribution in [3.63, 3.8) is 0 Å². The molecule has 0 unspecified atom stereocenters. The molecule has 0 aromatic heterocycles. The third-order valence-corrected chi connectivity index (χ3v) is 1.25. The van der Waals surface area contributed by atoms with Gasteiger partial charge in [-0.2, -0.15) is 0 Å². The maximum atomic E-state index is 8.48. The van der Waals surface area contributed by atoms with Crippen molar-refractivity contribution in [1.82, 2.24) is 11.1 Å². The van der Waals surface area contributed by atoms with E-state index in [1.807, 2.05) is 0 Å². The number of hydrogen-bond donors (Lipinski definition) is 4. The van der Waals surface area contributed by atoms with Crippen LogP contribution in [-0.2, 0) is 0 Å². The third-order valence-electron chi connectivity index (χ3n) is 1.25. The molecular formula is C6H21N2NaO4. The van der Waals surface area contributed by atoms with E-state index in [2.05, 4.69) is 0 Å². The molecule has 8 N–H and O–H groups in total. The molecule has 0 heterocycles. The first-order valence-corrected chi connectivity index (χ1v) is 3.40. The van der Waals surface area contributed by atoms with Gasteiger partial charge in [0.05, 0.1) is 19.8 Å². The summed E-state index contributed by atoms with van der Waals surface area (Å²) in [6.45, 7) is 1.75. The van der Waals surface area contributed by atoms with Gasteiger partial charge in [0.2, 0.25) is 0 Å². The molecule has 13 heavy (non-hydrogen) atoms. The Morgan fingerprint density at radius 3 is 1.15 bits per heavy atom. The molecule has 0 fully saturated rings. The van der Waals surface area contributed by atoms with Crippen LogP contribution in [0.15, 0.2) is 0 Å². The number of aliphatic hydroxyl groups is 3. The molecule has 0 aliphatic heterocycles. The molecule has 0 saturated heterocycles. The van der Waals surface area contributed by atoms with Gasteiger partial charge in [0.15, 0.2) is 0 Å². The predicted molar refractivity (Wildman–Crippen MR) is 53.5 cm³/mol. The molecule has 0 atom stereocenters. The van der Waals surface area contributed by atoms with Gasteiger partial charge in [-0.05, 0) is 0 Å². The third kappa shape index (κ3) is 15.5. The molecule has 0 radical (unpaired) electrons. The first kappa shape index (κ1) is 23.5. The number of rotatable bonds is 6. The van der Waals surface area contributed by atoms with E-state index < -0.39 is 0 Å². The monoisotopic (exact) mass is 208 g/mol. The molecule has 80 valence electrons. The van der Waals surface area contributed by atoms with Crippen LogP contribution in [0.25, 0.3) is 0 Å². The van der Waals surface area contributed by atoms with Crippen molar-refractivity contribution in [3.8, 4) is 0 Å². The van der Waals surface area contributed by atoms with Gasteiger partial charge >= 0.3 is 29.6 Å². The van der Waals surface area contributed by atoms with Gasteiger partial charge in [0.25, 0.3) is 0 Å². The SMILES string of the molecule is N.O.OCCN(CCO)CCO.[NaH]. The second-order valence-electron chi connectivity index (χ2n) is 2.01.